The van der Waals surface area contributed by atoms with E-state index in [9.17, 15) is 14.0 Å². The first-order chi connectivity index (χ1) is 19.5. The number of ether oxygens (including phenoxy) is 3. The minimum Gasteiger partial charge on any atom is -0.493 e. The molecule has 1 N–H and O–H groups in total. The van der Waals surface area contributed by atoms with Crippen molar-refractivity contribution < 1.29 is 28.2 Å². The summed E-state index contributed by atoms with van der Waals surface area (Å²) in [5, 5.41) is 3.04. The Labute approximate surface area is 234 Å². The van der Waals surface area contributed by atoms with Crippen molar-refractivity contribution in [2.75, 3.05) is 53.6 Å². The Kier molecular flexibility index (Phi) is 10.5. The number of methoxy groups -OCH3 is 2. The molecule has 212 valence electrons. The lowest BCUT2D eigenvalue weighted by atomic mass is 10.0. The van der Waals surface area contributed by atoms with E-state index in [-0.39, 0.29) is 30.6 Å². The molecule has 4 rings (SSSR count). The van der Waals surface area contributed by atoms with Crippen LogP contribution in [-0.2, 0) is 27.3 Å². The van der Waals surface area contributed by atoms with Gasteiger partial charge in [0.1, 0.15) is 11.9 Å². The fourth-order valence-corrected chi connectivity index (χ4v) is 4.74. The van der Waals surface area contributed by atoms with Crippen LogP contribution in [0.2, 0.25) is 0 Å². The van der Waals surface area contributed by atoms with E-state index in [0.717, 1.165) is 13.1 Å². The average molecular weight is 550 g/mol. The number of nitrogens with zero attached hydrogens (tertiary/aromatic N) is 2. The summed E-state index contributed by atoms with van der Waals surface area (Å²) in [6.07, 6.45) is 0.0337. The molecule has 0 aromatic heterocycles. The molecule has 1 heterocycles. The highest BCUT2D eigenvalue weighted by Crippen LogP contribution is 2.29. The summed E-state index contributed by atoms with van der Waals surface area (Å²) < 4.78 is 29.8. The second kappa shape index (κ2) is 14.4. The number of hydrogen-bond acceptors (Lipinski definition) is 6. The fraction of sp³-hybridized carbons (Fsp3) is 0.355. The van der Waals surface area contributed by atoms with E-state index in [1.807, 2.05) is 30.3 Å². The molecule has 9 heteroatoms. The van der Waals surface area contributed by atoms with Gasteiger partial charge in [0, 0.05) is 32.7 Å². The number of nitrogens with one attached hydrogen (secondary N) is 1. The molecule has 0 unspecified atom stereocenters. The van der Waals surface area contributed by atoms with Gasteiger partial charge in [0.25, 0.3) is 0 Å². The Morgan fingerprint density at radius 3 is 2.30 bits per heavy atom. The molecule has 3 aromatic carbocycles. The van der Waals surface area contributed by atoms with Crippen LogP contribution in [0.25, 0.3) is 0 Å². The molecule has 2 amide bonds. The van der Waals surface area contributed by atoms with E-state index in [0.29, 0.717) is 54.5 Å². The average Bonchev–Trinajstić information content (AvgIpc) is 2.99. The van der Waals surface area contributed by atoms with E-state index in [1.165, 1.54) is 19.2 Å². The maximum absolute atomic E-state index is 14.0. The highest BCUT2D eigenvalue weighted by atomic mass is 19.1. The third-order valence-electron chi connectivity index (χ3n) is 6.90. The maximum Gasteiger partial charge on any atom is 0.247 e. The summed E-state index contributed by atoms with van der Waals surface area (Å²) >= 11 is 0. The van der Waals surface area contributed by atoms with E-state index in [1.54, 1.807) is 42.3 Å². The van der Waals surface area contributed by atoms with Crippen molar-refractivity contribution >= 4 is 11.8 Å². The monoisotopic (exact) mass is 549 g/mol. The minimum atomic E-state index is -0.886. The predicted octanol–water partition coefficient (Wildman–Crippen LogP) is 3.60. The summed E-state index contributed by atoms with van der Waals surface area (Å²) in [4.78, 5) is 31.5. The predicted molar refractivity (Wildman–Crippen MR) is 150 cm³/mol. The summed E-state index contributed by atoms with van der Waals surface area (Å²) in [6, 6.07) is 19.6. The van der Waals surface area contributed by atoms with Gasteiger partial charge >= 0.3 is 0 Å². The van der Waals surface area contributed by atoms with Gasteiger partial charge in [-0.2, -0.15) is 0 Å². The lowest BCUT2D eigenvalue weighted by Crippen LogP contribution is -2.46. The second-order valence-corrected chi connectivity index (χ2v) is 9.57. The third-order valence-corrected chi connectivity index (χ3v) is 6.90. The minimum absolute atomic E-state index is 0.0337. The molecule has 0 aliphatic carbocycles. The Bertz CT molecular complexity index is 1250. The number of amides is 2. The van der Waals surface area contributed by atoms with Gasteiger partial charge < -0.3 is 24.4 Å². The molecule has 0 radical (unpaired) electrons. The first kappa shape index (κ1) is 29.0. The second-order valence-electron chi connectivity index (χ2n) is 9.57. The third kappa shape index (κ3) is 7.80. The summed E-state index contributed by atoms with van der Waals surface area (Å²) in [5.74, 6) is 0.172. The van der Waals surface area contributed by atoms with Crippen molar-refractivity contribution in [1.29, 1.82) is 0 Å². The normalized spacial score (nSPS) is 14.3. The van der Waals surface area contributed by atoms with Crippen LogP contribution in [0, 0.1) is 5.82 Å². The van der Waals surface area contributed by atoms with E-state index in [4.69, 9.17) is 14.2 Å². The standard InChI is InChI=1S/C31H36FN3O5/c1-38-27-13-10-24(20-28(27)39-2)21-29(36)35(22-23-8-11-26(32)12-9-23)30(25-6-4-3-5-7-25)31(37)33-14-15-34-16-18-40-19-17-34/h3-13,20,30H,14-19,21-22H2,1-2H3,(H,33,37)/t30-/m0/s1. The number of carbonyl (C=O) groups excluding carboxylic acids is 2. The lowest BCUT2D eigenvalue weighted by molar-refractivity contribution is -0.141. The summed E-state index contributed by atoms with van der Waals surface area (Å²) in [6.45, 7) is 4.25. The van der Waals surface area contributed by atoms with E-state index in [2.05, 4.69) is 10.2 Å². The maximum atomic E-state index is 14.0. The molecule has 1 saturated heterocycles. The Hall–Kier alpha value is -3.95. The molecule has 1 fully saturated rings. The summed E-state index contributed by atoms with van der Waals surface area (Å²) in [5.41, 5.74) is 2.12. The van der Waals surface area contributed by atoms with E-state index < -0.39 is 6.04 Å². The topological polar surface area (TPSA) is 80.3 Å². The number of halogens is 1. The zero-order valence-corrected chi connectivity index (χ0v) is 23.0. The van der Waals surface area contributed by atoms with Crippen LogP contribution in [0.1, 0.15) is 22.7 Å². The van der Waals surface area contributed by atoms with Gasteiger partial charge in [-0.15, -0.1) is 0 Å². The van der Waals surface area contributed by atoms with Crippen LogP contribution in [0.15, 0.2) is 72.8 Å². The van der Waals surface area contributed by atoms with Crippen LogP contribution in [-0.4, -0.2) is 75.2 Å². The van der Waals surface area contributed by atoms with Gasteiger partial charge in [0.05, 0.1) is 33.9 Å². The number of benzene rings is 3. The Balaban J connectivity index is 1.61. The molecular formula is C31H36FN3O5. The van der Waals surface area contributed by atoms with E-state index >= 15 is 0 Å². The van der Waals surface area contributed by atoms with Crippen LogP contribution in [0.4, 0.5) is 4.39 Å². The molecule has 8 nitrogen and oxygen atoms in total. The molecule has 1 aliphatic rings. The van der Waals surface area contributed by atoms with Gasteiger partial charge in [-0.25, -0.2) is 4.39 Å². The lowest BCUT2D eigenvalue weighted by Gasteiger charge is -2.32. The van der Waals surface area contributed by atoms with Gasteiger partial charge in [-0.1, -0.05) is 48.5 Å². The van der Waals surface area contributed by atoms with Crippen molar-refractivity contribution in [1.82, 2.24) is 15.1 Å². The van der Waals surface area contributed by atoms with Crippen molar-refractivity contribution in [2.24, 2.45) is 0 Å². The first-order valence-corrected chi connectivity index (χ1v) is 13.4. The van der Waals surface area contributed by atoms with Crippen molar-refractivity contribution in [3.8, 4) is 11.5 Å². The molecule has 3 aromatic rings. The molecule has 0 saturated carbocycles. The van der Waals surface area contributed by atoms with Crippen LogP contribution in [0.3, 0.4) is 0 Å². The van der Waals surface area contributed by atoms with Crippen molar-refractivity contribution in [3.05, 3.63) is 95.3 Å². The quantitative estimate of drug-likeness (QED) is 0.372. The Morgan fingerprint density at radius 1 is 0.950 bits per heavy atom. The highest BCUT2D eigenvalue weighted by Gasteiger charge is 2.31. The van der Waals surface area contributed by atoms with Crippen LogP contribution in [0.5, 0.6) is 11.5 Å². The molecule has 1 atom stereocenters. The fourth-order valence-electron chi connectivity index (χ4n) is 4.74. The van der Waals surface area contributed by atoms with Crippen LogP contribution >= 0.6 is 0 Å². The molecule has 0 spiro atoms. The number of morpholine rings is 1. The molecule has 1 aliphatic heterocycles. The number of carbonyl (C=O) groups is 2. The zero-order chi connectivity index (χ0) is 28.3. The smallest absolute Gasteiger partial charge is 0.247 e. The highest BCUT2D eigenvalue weighted by molar-refractivity contribution is 5.89. The molecular weight excluding hydrogens is 513 g/mol. The number of rotatable bonds is 12. The molecule has 0 bridgehead atoms. The SMILES string of the molecule is COc1ccc(CC(=O)N(Cc2ccc(F)cc2)[C@H](C(=O)NCCN2CCOCC2)c2ccccc2)cc1OC. The summed E-state index contributed by atoms with van der Waals surface area (Å²) in [7, 11) is 3.09. The van der Waals surface area contributed by atoms with Crippen LogP contribution < -0.4 is 14.8 Å². The first-order valence-electron chi connectivity index (χ1n) is 13.4. The zero-order valence-electron chi connectivity index (χ0n) is 23.0. The number of hydrogen-bond donors (Lipinski definition) is 1. The Morgan fingerprint density at radius 2 is 1.62 bits per heavy atom. The largest absolute Gasteiger partial charge is 0.493 e. The molecule has 40 heavy (non-hydrogen) atoms. The van der Waals surface area contributed by atoms with Gasteiger partial charge in [-0.3, -0.25) is 14.5 Å². The van der Waals surface area contributed by atoms with Crippen molar-refractivity contribution in [3.63, 3.8) is 0 Å². The van der Waals surface area contributed by atoms with Gasteiger partial charge in [0.15, 0.2) is 11.5 Å². The van der Waals surface area contributed by atoms with Gasteiger partial charge in [0.2, 0.25) is 11.8 Å². The van der Waals surface area contributed by atoms with Gasteiger partial charge in [-0.05, 0) is 41.0 Å². The van der Waals surface area contributed by atoms with Crippen molar-refractivity contribution in [2.45, 2.75) is 19.0 Å².